The van der Waals surface area contributed by atoms with Crippen LogP contribution >= 0.6 is 0 Å². The van der Waals surface area contributed by atoms with Gasteiger partial charge in [-0.1, -0.05) is 23.8 Å². The fourth-order valence-electron chi connectivity index (χ4n) is 3.13. The fourth-order valence-corrected chi connectivity index (χ4v) is 3.13. The second-order valence-electron chi connectivity index (χ2n) is 6.44. The number of piperidine rings is 1. The van der Waals surface area contributed by atoms with Gasteiger partial charge in [-0.25, -0.2) is 0 Å². The largest absolute Gasteiger partial charge is 0.496 e. The average Bonchev–Trinajstić information content (AvgIpc) is 2.55. The standard InChI is InChI=1S/C19H27NO3/c1-14(10-17-6-4-5-7-18(17)23-3)11-19(22)20-12-16(13-21)9-8-15(20)2/h4-7,11,15-16,21H,8-10,12-13H2,1-3H3/b14-11+. The van der Waals surface area contributed by atoms with Crippen LogP contribution in [0.3, 0.4) is 0 Å². The molecule has 1 amide bonds. The lowest BCUT2D eigenvalue weighted by Gasteiger charge is -2.37. The Morgan fingerprint density at radius 2 is 2.13 bits per heavy atom. The quantitative estimate of drug-likeness (QED) is 0.850. The number of aliphatic hydroxyl groups excluding tert-OH is 1. The molecule has 1 saturated heterocycles. The van der Waals surface area contributed by atoms with E-state index < -0.39 is 0 Å². The number of carbonyl (C=O) groups excluding carboxylic acids is 1. The van der Waals surface area contributed by atoms with Crippen LogP contribution in [0.1, 0.15) is 32.3 Å². The first-order chi connectivity index (χ1) is 11.0. The molecule has 2 atom stereocenters. The summed E-state index contributed by atoms with van der Waals surface area (Å²) in [4.78, 5) is 14.4. The summed E-state index contributed by atoms with van der Waals surface area (Å²) in [6.45, 7) is 4.85. The molecule has 2 unspecified atom stereocenters. The monoisotopic (exact) mass is 317 g/mol. The summed E-state index contributed by atoms with van der Waals surface area (Å²) in [6, 6.07) is 8.11. The number of para-hydroxylation sites is 1. The van der Waals surface area contributed by atoms with Gasteiger partial charge in [0.05, 0.1) is 7.11 Å². The van der Waals surface area contributed by atoms with Gasteiger partial charge in [-0.05, 0) is 50.7 Å². The number of hydrogen-bond acceptors (Lipinski definition) is 3. The second kappa shape index (κ2) is 8.16. The molecule has 0 saturated carbocycles. The van der Waals surface area contributed by atoms with Crippen LogP contribution in [0.25, 0.3) is 0 Å². The number of likely N-dealkylation sites (tertiary alicyclic amines) is 1. The van der Waals surface area contributed by atoms with Crippen molar-refractivity contribution in [2.24, 2.45) is 5.92 Å². The Kier molecular flexibility index (Phi) is 6.22. The average molecular weight is 317 g/mol. The molecule has 4 nitrogen and oxygen atoms in total. The Labute approximate surface area is 138 Å². The molecule has 126 valence electrons. The first kappa shape index (κ1) is 17.5. The van der Waals surface area contributed by atoms with E-state index in [1.807, 2.05) is 36.1 Å². The van der Waals surface area contributed by atoms with Gasteiger partial charge >= 0.3 is 0 Å². The van der Waals surface area contributed by atoms with Crippen LogP contribution in [0.2, 0.25) is 0 Å². The van der Waals surface area contributed by atoms with Crippen molar-refractivity contribution in [3.8, 4) is 5.75 Å². The Bertz CT molecular complexity index is 567. The molecule has 1 fully saturated rings. The topological polar surface area (TPSA) is 49.8 Å². The molecule has 0 bridgehead atoms. The van der Waals surface area contributed by atoms with Gasteiger partial charge in [0.25, 0.3) is 0 Å². The van der Waals surface area contributed by atoms with Gasteiger partial charge in [-0.15, -0.1) is 0 Å². The van der Waals surface area contributed by atoms with E-state index in [0.29, 0.717) is 13.0 Å². The highest BCUT2D eigenvalue weighted by Crippen LogP contribution is 2.23. The normalized spacial score (nSPS) is 22.1. The lowest BCUT2D eigenvalue weighted by atomic mass is 9.94. The molecule has 0 radical (unpaired) electrons. The van der Waals surface area contributed by atoms with Crippen LogP contribution in [0.15, 0.2) is 35.9 Å². The molecule has 1 aromatic carbocycles. The number of carbonyl (C=O) groups is 1. The van der Waals surface area contributed by atoms with Crippen molar-refractivity contribution in [2.45, 2.75) is 39.2 Å². The van der Waals surface area contributed by atoms with Crippen molar-refractivity contribution < 1.29 is 14.6 Å². The number of rotatable bonds is 5. The smallest absolute Gasteiger partial charge is 0.246 e. The second-order valence-corrected chi connectivity index (χ2v) is 6.44. The molecule has 23 heavy (non-hydrogen) atoms. The van der Waals surface area contributed by atoms with Gasteiger partial charge in [0.15, 0.2) is 0 Å². The van der Waals surface area contributed by atoms with E-state index in [4.69, 9.17) is 4.74 Å². The summed E-state index contributed by atoms with van der Waals surface area (Å²) in [7, 11) is 1.66. The highest BCUT2D eigenvalue weighted by molar-refractivity contribution is 5.88. The zero-order chi connectivity index (χ0) is 16.8. The first-order valence-electron chi connectivity index (χ1n) is 8.25. The summed E-state index contributed by atoms with van der Waals surface area (Å²) < 4.78 is 5.36. The van der Waals surface area contributed by atoms with Crippen LogP contribution < -0.4 is 4.74 Å². The molecular weight excluding hydrogens is 290 g/mol. The maximum Gasteiger partial charge on any atom is 0.246 e. The van der Waals surface area contributed by atoms with Crippen LogP contribution in [-0.4, -0.2) is 42.2 Å². The number of hydrogen-bond donors (Lipinski definition) is 1. The molecule has 0 spiro atoms. The Morgan fingerprint density at radius 3 is 2.83 bits per heavy atom. The van der Waals surface area contributed by atoms with E-state index in [2.05, 4.69) is 6.92 Å². The summed E-state index contributed by atoms with van der Waals surface area (Å²) >= 11 is 0. The summed E-state index contributed by atoms with van der Waals surface area (Å²) in [6.07, 6.45) is 4.37. The van der Waals surface area contributed by atoms with Crippen LogP contribution in [0, 0.1) is 5.92 Å². The van der Waals surface area contributed by atoms with Crippen molar-refractivity contribution in [3.05, 3.63) is 41.5 Å². The SMILES string of the molecule is COc1ccccc1C/C(C)=C/C(=O)N1CC(CO)CCC1C. The molecular formula is C19H27NO3. The molecule has 4 heteroatoms. The zero-order valence-electron chi connectivity index (χ0n) is 14.3. The molecule has 0 aliphatic carbocycles. The van der Waals surface area contributed by atoms with Crippen LogP contribution in [-0.2, 0) is 11.2 Å². The zero-order valence-corrected chi connectivity index (χ0v) is 14.3. The van der Waals surface area contributed by atoms with Gasteiger partial charge in [0.1, 0.15) is 5.75 Å². The summed E-state index contributed by atoms with van der Waals surface area (Å²) in [5.41, 5.74) is 2.09. The van der Waals surface area contributed by atoms with Crippen LogP contribution in [0.4, 0.5) is 0 Å². The van der Waals surface area contributed by atoms with Crippen LogP contribution in [0.5, 0.6) is 5.75 Å². The minimum atomic E-state index is 0.0445. The third-order valence-corrected chi connectivity index (χ3v) is 4.55. The van der Waals surface area contributed by atoms with Gasteiger partial charge in [0.2, 0.25) is 5.91 Å². The Balaban J connectivity index is 2.06. The van der Waals surface area contributed by atoms with Crippen molar-refractivity contribution in [1.82, 2.24) is 4.90 Å². The number of aliphatic hydroxyl groups is 1. The summed E-state index contributed by atoms with van der Waals surface area (Å²) in [5, 5.41) is 9.34. The maximum atomic E-state index is 12.6. The summed E-state index contributed by atoms with van der Waals surface area (Å²) in [5.74, 6) is 1.10. The number of nitrogens with zero attached hydrogens (tertiary/aromatic N) is 1. The number of methoxy groups -OCH3 is 1. The lowest BCUT2D eigenvalue weighted by Crippen LogP contribution is -2.45. The molecule has 1 heterocycles. The van der Waals surface area contributed by atoms with Crippen molar-refractivity contribution in [2.75, 3.05) is 20.3 Å². The maximum absolute atomic E-state index is 12.6. The molecule has 0 aromatic heterocycles. The third-order valence-electron chi connectivity index (χ3n) is 4.55. The predicted octanol–water partition coefficient (Wildman–Crippen LogP) is 2.80. The van der Waals surface area contributed by atoms with Gasteiger partial charge in [0, 0.05) is 25.3 Å². The van der Waals surface area contributed by atoms with Crippen molar-refractivity contribution in [1.29, 1.82) is 0 Å². The molecule has 1 aliphatic heterocycles. The van der Waals surface area contributed by atoms with Crippen molar-refractivity contribution >= 4 is 5.91 Å². The fraction of sp³-hybridized carbons (Fsp3) is 0.526. The lowest BCUT2D eigenvalue weighted by molar-refractivity contribution is -0.130. The number of ether oxygens (including phenoxy) is 1. The Morgan fingerprint density at radius 1 is 1.39 bits per heavy atom. The van der Waals surface area contributed by atoms with E-state index in [-0.39, 0.29) is 24.5 Å². The van der Waals surface area contributed by atoms with E-state index in [9.17, 15) is 9.90 Å². The minimum absolute atomic E-state index is 0.0445. The molecule has 1 aromatic rings. The van der Waals surface area contributed by atoms with Gasteiger partial charge in [-0.2, -0.15) is 0 Å². The Hall–Kier alpha value is -1.81. The van der Waals surface area contributed by atoms with E-state index in [1.54, 1.807) is 13.2 Å². The van der Waals surface area contributed by atoms with E-state index in [0.717, 1.165) is 29.7 Å². The molecule has 2 rings (SSSR count). The molecule has 1 N–H and O–H groups in total. The number of amides is 1. The highest BCUT2D eigenvalue weighted by atomic mass is 16.5. The van der Waals surface area contributed by atoms with Gasteiger partial charge < -0.3 is 14.7 Å². The predicted molar refractivity (Wildman–Crippen MR) is 91.4 cm³/mol. The highest BCUT2D eigenvalue weighted by Gasteiger charge is 2.27. The van der Waals surface area contributed by atoms with E-state index in [1.165, 1.54) is 0 Å². The number of allylic oxidation sites excluding steroid dienone is 1. The van der Waals surface area contributed by atoms with Gasteiger partial charge in [-0.3, -0.25) is 4.79 Å². The minimum Gasteiger partial charge on any atom is -0.496 e. The van der Waals surface area contributed by atoms with E-state index >= 15 is 0 Å². The number of benzene rings is 1. The first-order valence-corrected chi connectivity index (χ1v) is 8.25. The molecule has 1 aliphatic rings. The van der Waals surface area contributed by atoms with Crippen molar-refractivity contribution in [3.63, 3.8) is 0 Å². The third kappa shape index (κ3) is 4.58.